The number of allylic oxidation sites excluding steroid dienone is 1. The molecule has 0 saturated carbocycles. The molecule has 2 fully saturated rings. The quantitative estimate of drug-likeness (QED) is 0.588. The average molecular weight is 387 g/mol. The van der Waals surface area contributed by atoms with Crippen LogP contribution in [0.1, 0.15) is 49.0 Å². The Bertz CT molecular complexity index is 779. The molecule has 144 valence electrons. The Morgan fingerprint density at radius 2 is 1.85 bits per heavy atom. The van der Waals surface area contributed by atoms with Gasteiger partial charge in [-0.05, 0) is 45.6 Å². The van der Waals surface area contributed by atoms with Crippen molar-refractivity contribution in [2.24, 2.45) is 0 Å². The Labute approximate surface area is 164 Å². The molecule has 2 amide bonds. The van der Waals surface area contributed by atoms with E-state index in [1.165, 1.54) is 22.7 Å². The monoisotopic (exact) mass is 386 g/mol. The van der Waals surface area contributed by atoms with Crippen molar-refractivity contribution in [3.63, 3.8) is 0 Å². The van der Waals surface area contributed by atoms with Gasteiger partial charge in [0.05, 0.1) is 10.8 Å². The average Bonchev–Trinajstić information content (AvgIpc) is 2.95. The topological polar surface area (TPSA) is 57.7 Å². The molecule has 2 atom stereocenters. The van der Waals surface area contributed by atoms with Gasteiger partial charge in [0.1, 0.15) is 6.54 Å². The second-order valence-corrected chi connectivity index (χ2v) is 8.36. The maximum atomic E-state index is 12.9. The number of carbonyl (C=O) groups excluding carboxylic acids is 3. The molecule has 3 rings (SSSR count). The van der Waals surface area contributed by atoms with Crippen molar-refractivity contribution in [3.8, 4) is 0 Å². The minimum Gasteiger partial charge on any atom is -0.336 e. The standard InChI is InChI=1S/C21H26N2O3S/c1-14-7-4-5-10-17(14)18(24)11-21-22(20(26)13-27-21)12-19(25)23-15(2)8-6-9-16(23)3/h4-5,7,10-11,15-16H,6,8-9,12-13H2,1-3H3/b21-11-/t15-,16+. The number of carbonyl (C=O) groups is 3. The van der Waals surface area contributed by atoms with Crippen molar-refractivity contribution < 1.29 is 14.4 Å². The molecular weight excluding hydrogens is 360 g/mol. The van der Waals surface area contributed by atoms with Gasteiger partial charge >= 0.3 is 0 Å². The molecule has 2 saturated heterocycles. The van der Waals surface area contributed by atoms with E-state index in [1.54, 1.807) is 6.07 Å². The van der Waals surface area contributed by atoms with Crippen LogP contribution in [0.15, 0.2) is 35.4 Å². The van der Waals surface area contributed by atoms with Crippen molar-refractivity contribution in [2.45, 2.75) is 52.1 Å². The Morgan fingerprint density at radius 3 is 2.52 bits per heavy atom. The molecule has 2 aliphatic rings. The number of nitrogens with zero attached hydrogens (tertiary/aromatic N) is 2. The van der Waals surface area contributed by atoms with Gasteiger partial charge in [-0.1, -0.05) is 36.0 Å². The molecule has 0 radical (unpaired) electrons. The third kappa shape index (κ3) is 4.26. The van der Waals surface area contributed by atoms with Gasteiger partial charge < -0.3 is 4.90 Å². The lowest BCUT2D eigenvalue weighted by Gasteiger charge is -2.39. The second kappa shape index (κ2) is 8.30. The lowest BCUT2D eigenvalue weighted by Crippen LogP contribution is -2.51. The predicted octanol–water partition coefficient (Wildman–Crippen LogP) is 3.38. The summed E-state index contributed by atoms with van der Waals surface area (Å²) in [7, 11) is 0. The first-order chi connectivity index (χ1) is 12.9. The second-order valence-electron chi connectivity index (χ2n) is 7.36. The molecule has 1 aromatic rings. The highest BCUT2D eigenvalue weighted by Crippen LogP contribution is 2.30. The number of thioether (sulfide) groups is 1. The third-order valence-corrected chi connectivity index (χ3v) is 6.38. The number of piperidine rings is 1. The Hall–Kier alpha value is -2.08. The van der Waals surface area contributed by atoms with Crippen LogP contribution in [0.3, 0.4) is 0 Å². The molecule has 0 N–H and O–H groups in total. The zero-order valence-electron chi connectivity index (χ0n) is 16.1. The Kier molecular flexibility index (Phi) is 6.05. The molecule has 0 aromatic heterocycles. The van der Waals surface area contributed by atoms with E-state index in [-0.39, 0.29) is 42.0 Å². The number of amides is 2. The zero-order chi connectivity index (χ0) is 19.6. The van der Waals surface area contributed by atoms with Crippen molar-refractivity contribution in [1.29, 1.82) is 0 Å². The van der Waals surface area contributed by atoms with Crippen LogP contribution in [0.25, 0.3) is 0 Å². The molecule has 0 bridgehead atoms. The van der Waals surface area contributed by atoms with Crippen LogP contribution in [0.5, 0.6) is 0 Å². The van der Waals surface area contributed by atoms with E-state index in [9.17, 15) is 14.4 Å². The number of rotatable bonds is 4. The lowest BCUT2D eigenvalue weighted by molar-refractivity contribution is -0.141. The smallest absolute Gasteiger partial charge is 0.243 e. The molecule has 27 heavy (non-hydrogen) atoms. The summed E-state index contributed by atoms with van der Waals surface area (Å²) in [5.41, 5.74) is 1.52. The third-order valence-electron chi connectivity index (χ3n) is 5.35. The largest absolute Gasteiger partial charge is 0.336 e. The van der Waals surface area contributed by atoms with Crippen molar-refractivity contribution in [2.75, 3.05) is 12.3 Å². The summed E-state index contributed by atoms with van der Waals surface area (Å²) in [4.78, 5) is 41.2. The highest BCUT2D eigenvalue weighted by Gasteiger charge is 2.34. The lowest BCUT2D eigenvalue weighted by atomic mass is 9.97. The van der Waals surface area contributed by atoms with E-state index in [4.69, 9.17) is 0 Å². The Morgan fingerprint density at radius 1 is 1.19 bits per heavy atom. The van der Waals surface area contributed by atoms with E-state index < -0.39 is 0 Å². The first-order valence-electron chi connectivity index (χ1n) is 9.44. The van der Waals surface area contributed by atoms with Crippen LogP contribution in [-0.4, -0.2) is 51.8 Å². The van der Waals surface area contributed by atoms with Crippen molar-refractivity contribution in [3.05, 3.63) is 46.5 Å². The SMILES string of the molecule is Cc1ccccc1C(=O)/C=C1\SCC(=O)N1CC(=O)N1[C@H](C)CCC[C@@H]1C. The summed E-state index contributed by atoms with van der Waals surface area (Å²) in [5.74, 6) is -0.0256. The van der Waals surface area contributed by atoms with Crippen LogP contribution < -0.4 is 0 Å². The highest BCUT2D eigenvalue weighted by molar-refractivity contribution is 8.04. The van der Waals surface area contributed by atoms with Gasteiger partial charge in [0, 0.05) is 23.7 Å². The molecule has 1 aromatic carbocycles. The maximum Gasteiger partial charge on any atom is 0.243 e. The van der Waals surface area contributed by atoms with Crippen molar-refractivity contribution in [1.82, 2.24) is 9.80 Å². The van der Waals surface area contributed by atoms with E-state index in [1.807, 2.05) is 30.0 Å². The molecule has 0 aliphatic carbocycles. The molecule has 0 spiro atoms. The molecule has 6 heteroatoms. The van der Waals surface area contributed by atoms with Gasteiger partial charge in [0.2, 0.25) is 11.8 Å². The van der Waals surface area contributed by atoms with Crippen molar-refractivity contribution >= 4 is 29.4 Å². The van der Waals surface area contributed by atoms with Gasteiger partial charge in [0.25, 0.3) is 0 Å². The summed E-state index contributed by atoms with van der Waals surface area (Å²) < 4.78 is 0. The number of likely N-dealkylation sites (tertiary alicyclic amines) is 1. The van der Waals surface area contributed by atoms with Crippen LogP contribution in [0.4, 0.5) is 0 Å². The van der Waals surface area contributed by atoms with Crippen LogP contribution in [0, 0.1) is 6.92 Å². The fourth-order valence-corrected chi connectivity index (χ4v) is 4.81. The van der Waals surface area contributed by atoms with Crippen LogP contribution in [-0.2, 0) is 9.59 Å². The fourth-order valence-electron chi connectivity index (χ4n) is 3.87. The van der Waals surface area contributed by atoms with Gasteiger partial charge in [-0.3, -0.25) is 19.3 Å². The number of hydrogen-bond acceptors (Lipinski definition) is 4. The zero-order valence-corrected chi connectivity index (χ0v) is 16.9. The highest BCUT2D eigenvalue weighted by atomic mass is 32.2. The van der Waals surface area contributed by atoms with Gasteiger partial charge in [0.15, 0.2) is 5.78 Å². The summed E-state index contributed by atoms with van der Waals surface area (Å²) in [6.07, 6.45) is 4.61. The molecular formula is C21H26N2O3S. The molecule has 0 unspecified atom stereocenters. The molecule has 2 heterocycles. The summed E-state index contributed by atoms with van der Waals surface area (Å²) in [6.45, 7) is 6.02. The normalized spacial score (nSPS) is 24.6. The Balaban J connectivity index is 1.77. The summed E-state index contributed by atoms with van der Waals surface area (Å²) in [5, 5.41) is 0.568. The summed E-state index contributed by atoms with van der Waals surface area (Å²) in [6, 6.07) is 7.76. The van der Waals surface area contributed by atoms with E-state index in [0.29, 0.717) is 10.6 Å². The van der Waals surface area contributed by atoms with Gasteiger partial charge in [-0.25, -0.2) is 0 Å². The van der Waals surface area contributed by atoms with Gasteiger partial charge in [-0.15, -0.1) is 0 Å². The first-order valence-corrected chi connectivity index (χ1v) is 10.4. The van der Waals surface area contributed by atoms with Crippen LogP contribution in [0.2, 0.25) is 0 Å². The minimum atomic E-state index is -0.137. The van der Waals surface area contributed by atoms with Gasteiger partial charge in [-0.2, -0.15) is 0 Å². The minimum absolute atomic E-state index is 0.00734. The fraction of sp³-hybridized carbons (Fsp3) is 0.476. The predicted molar refractivity (Wildman–Crippen MR) is 107 cm³/mol. The van der Waals surface area contributed by atoms with E-state index in [2.05, 4.69) is 13.8 Å². The number of ketones is 1. The number of hydrogen-bond donors (Lipinski definition) is 0. The summed E-state index contributed by atoms with van der Waals surface area (Å²) >= 11 is 1.32. The maximum absolute atomic E-state index is 12.9. The van der Waals surface area contributed by atoms with E-state index >= 15 is 0 Å². The molecule has 5 nitrogen and oxygen atoms in total. The number of aryl methyl sites for hydroxylation is 1. The van der Waals surface area contributed by atoms with E-state index in [0.717, 1.165) is 24.8 Å². The number of benzene rings is 1. The first kappa shape index (κ1) is 19.7. The van der Waals surface area contributed by atoms with Crippen LogP contribution >= 0.6 is 11.8 Å². The molecule has 2 aliphatic heterocycles.